The quantitative estimate of drug-likeness (QED) is 0.727. The van der Waals surface area contributed by atoms with Gasteiger partial charge in [0.1, 0.15) is 0 Å². The van der Waals surface area contributed by atoms with E-state index in [9.17, 15) is 0 Å². The maximum absolute atomic E-state index is 6.72. The predicted octanol–water partition coefficient (Wildman–Crippen LogP) is 4.62. The number of allylic oxidation sites excluding steroid dienone is 8. The van der Waals surface area contributed by atoms with Crippen LogP contribution in [0.4, 0.5) is 0 Å². The van der Waals surface area contributed by atoms with Crippen LogP contribution in [-0.4, -0.2) is 6.85 Å². The van der Waals surface area contributed by atoms with E-state index in [4.69, 9.17) is 5.64 Å². The Morgan fingerprint density at radius 1 is 0.700 bits per heavy atom. The summed E-state index contributed by atoms with van der Waals surface area (Å²) in [6, 6.07) is 0. The predicted molar refractivity (Wildman–Crippen MR) is 90.4 cm³/mol. The van der Waals surface area contributed by atoms with Gasteiger partial charge < -0.3 is 5.64 Å². The van der Waals surface area contributed by atoms with Gasteiger partial charge in [-0.05, 0) is 59.0 Å². The molecule has 1 nitrogen and oxygen atoms in total. The number of rotatable bonds is 2. The fraction of sp³-hybridized carbons (Fsp3) is 0.556. The van der Waals surface area contributed by atoms with E-state index < -0.39 is 0 Å². The highest BCUT2D eigenvalue weighted by Crippen LogP contribution is 2.43. The molecule has 0 aliphatic heterocycles. The second-order valence-electron chi connectivity index (χ2n) is 6.71. The van der Waals surface area contributed by atoms with Crippen LogP contribution in [0, 0.1) is 11.8 Å². The molecule has 0 bridgehead atoms. The van der Waals surface area contributed by atoms with Gasteiger partial charge in [-0.15, -0.1) is 0 Å². The normalized spacial score (nSPS) is 27.4. The van der Waals surface area contributed by atoms with Gasteiger partial charge in [-0.25, -0.2) is 0 Å². The third-order valence-electron chi connectivity index (χ3n) is 6.07. The van der Waals surface area contributed by atoms with Crippen molar-refractivity contribution in [2.75, 3.05) is 0 Å². The van der Waals surface area contributed by atoms with E-state index in [1.807, 2.05) is 0 Å². The minimum Gasteiger partial charge on any atom is -0.362 e. The van der Waals surface area contributed by atoms with Gasteiger partial charge in [-0.1, -0.05) is 52.7 Å². The van der Waals surface area contributed by atoms with Crippen molar-refractivity contribution in [2.45, 2.75) is 55.4 Å². The van der Waals surface area contributed by atoms with Gasteiger partial charge in [-0.3, -0.25) is 0 Å². The van der Waals surface area contributed by atoms with Gasteiger partial charge in [0.2, 0.25) is 0 Å². The first-order chi connectivity index (χ1) is 9.20. The molecule has 2 aliphatic rings. The lowest BCUT2D eigenvalue weighted by Gasteiger charge is -2.21. The van der Waals surface area contributed by atoms with Crippen molar-refractivity contribution in [2.24, 2.45) is 17.5 Å². The van der Waals surface area contributed by atoms with Crippen LogP contribution < -0.4 is 5.64 Å². The summed E-state index contributed by atoms with van der Waals surface area (Å²) >= 11 is 0. The molecular weight excluding hydrogens is 241 g/mol. The first-order valence-electron chi connectivity index (χ1n) is 7.72. The van der Waals surface area contributed by atoms with Crippen molar-refractivity contribution in [3.63, 3.8) is 0 Å². The Bertz CT molecular complexity index is 587. The van der Waals surface area contributed by atoms with Gasteiger partial charge in [0.25, 0.3) is 6.85 Å². The molecule has 20 heavy (non-hydrogen) atoms. The summed E-state index contributed by atoms with van der Waals surface area (Å²) in [5.74, 6) is 1.03. The first-order valence-corrected chi connectivity index (χ1v) is 7.72. The zero-order valence-corrected chi connectivity index (χ0v) is 14.3. The molecule has 0 saturated heterocycles. The molecule has 0 aromatic carbocycles. The Morgan fingerprint density at radius 2 is 1.20 bits per heavy atom. The molecule has 2 N–H and O–H groups in total. The SMILES string of the molecule is CC1=C(C)C(C)C(C)=C1B(N)C1=C(C)C(C)=C(C)C1C. The maximum Gasteiger partial charge on any atom is 0.283 e. The Labute approximate surface area is 124 Å². The molecule has 2 rings (SSSR count). The summed E-state index contributed by atoms with van der Waals surface area (Å²) in [6.07, 6.45) is 0. The fourth-order valence-corrected chi connectivity index (χ4v) is 3.92. The Balaban J connectivity index is 2.48. The molecule has 2 unspecified atom stereocenters. The van der Waals surface area contributed by atoms with Crippen LogP contribution >= 0.6 is 0 Å². The zero-order chi connectivity index (χ0) is 15.4. The third-order valence-corrected chi connectivity index (χ3v) is 6.07. The van der Waals surface area contributed by atoms with Gasteiger partial charge in [-0.2, -0.15) is 0 Å². The Morgan fingerprint density at radius 3 is 1.55 bits per heavy atom. The molecule has 0 aromatic heterocycles. The molecule has 2 aliphatic carbocycles. The minimum absolute atomic E-state index is 0.0531. The van der Waals surface area contributed by atoms with Crippen LogP contribution in [0.5, 0.6) is 0 Å². The topological polar surface area (TPSA) is 26.0 Å². The Kier molecular flexibility index (Phi) is 3.90. The van der Waals surface area contributed by atoms with Crippen molar-refractivity contribution in [1.82, 2.24) is 0 Å². The van der Waals surface area contributed by atoms with Gasteiger partial charge in [0, 0.05) is 0 Å². The van der Waals surface area contributed by atoms with Gasteiger partial charge >= 0.3 is 0 Å². The highest BCUT2D eigenvalue weighted by Gasteiger charge is 2.36. The molecule has 2 atom stereocenters. The second kappa shape index (κ2) is 5.07. The van der Waals surface area contributed by atoms with Crippen LogP contribution in [0.2, 0.25) is 0 Å². The smallest absolute Gasteiger partial charge is 0.283 e. The minimum atomic E-state index is 0.0531. The third kappa shape index (κ3) is 1.97. The monoisotopic (exact) mass is 269 g/mol. The molecule has 108 valence electrons. The highest BCUT2D eigenvalue weighted by molar-refractivity contribution is 6.72. The summed E-state index contributed by atoms with van der Waals surface area (Å²) in [6.45, 7) is 18.1. The molecule has 0 amide bonds. The molecule has 0 radical (unpaired) electrons. The summed E-state index contributed by atoms with van der Waals surface area (Å²) in [5.41, 5.74) is 18.2. The molecular formula is C18H28BN. The van der Waals surface area contributed by atoms with Crippen molar-refractivity contribution < 1.29 is 0 Å². The van der Waals surface area contributed by atoms with E-state index in [2.05, 4.69) is 55.4 Å². The van der Waals surface area contributed by atoms with Crippen molar-refractivity contribution in [3.8, 4) is 0 Å². The molecule has 0 spiro atoms. The van der Waals surface area contributed by atoms with E-state index in [1.165, 1.54) is 44.4 Å². The summed E-state index contributed by atoms with van der Waals surface area (Å²) in [4.78, 5) is 0. The van der Waals surface area contributed by atoms with E-state index >= 15 is 0 Å². The lowest BCUT2D eigenvalue weighted by molar-refractivity contribution is 0.816. The molecule has 0 fully saturated rings. The maximum atomic E-state index is 6.72. The van der Waals surface area contributed by atoms with Crippen LogP contribution in [0.1, 0.15) is 55.4 Å². The van der Waals surface area contributed by atoms with Crippen molar-refractivity contribution in [3.05, 3.63) is 44.4 Å². The lowest BCUT2D eigenvalue weighted by Crippen LogP contribution is -2.35. The summed E-state index contributed by atoms with van der Waals surface area (Å²) in [7, 11) is 0. The van der Waals surface area contributed by atoms with Gasteiger partial charge in [0.15, 0.2) is 0 Å². The Hall–Kier alpha value is -1.02. The highest BCUT2D eigenvalue weighted by atomic mass is 14.5. The average Bonchev–Trinajstić information content (AvgIpc) is 2.71. The number of hydrogen-bond acceptors (Lipinski definition) is 1. The zero-order valence-electron chi connectivity index (χ0n) is 14.3. The van der Waals surface area contributed by atoms with E-state index in [1.54, 1.807) is 0 Å². The first kappa shape index (κ1) is 15.4. The summed E-state index contributed by atoms with van der Waals surface area (Å²) in [5, 5.41) is 0. The van der Waals surface area contributed by atoms with Crippen LogP contribution in [0.3, 0.4) is 0 Å². The number of nitrogens with two attached hydrogens (primary N) is 1. The van der Waals surface area contributed by atoms with Crippen molar-refractivity contribution in [1.29, 1.82) is 0 Å². The lowest BCUT2D eigenvalue weighted by atomic mass is 9.46. The van der Waals surface area contributed by atoms with E-state index in [-0.39, 0.29) is 6.85 Å². The molecule has 0 heterocycles. The van der Waals surface area contributed by atoms with Crippen molar-refractivity contribution >= 4 is 6.85 Å². The van der Waals surface area contributed by atoms with E-state index in [0.29, 0.717) is 11.8 Å². The van der Waals surface area contributed by atoms with Crippen LogP contribution in [-0.2, 0) is 0 Å². The van der Waals surface area contributed by atoms with Crippen LogP contribution in [0.15, 0.2) is 44.4 Å². The standard InChI is InChI=1S/C18H28BN/c1-9-10(2)14(6)17(13(9)5)19(20)18-15(7)11(3)12(4)16(18)8/h9,15H,20H2,1-8H3. The number of hydrogen-bond donors (Lipinski definition) is 1. The summed E-state index contributed by atoms with van der Waals surface area (Å²) < 4.78 is 0. The fourth-order valence-electron chi connectivity index (χ4n) is 3.92. The molecule has 0 aromatic rings. The van der Waals surface area contributed by atoms with E-state index in [0.717, 1.165) is 0 Å². The van der Waals surface area contributed by atoms with Gasteiger partial charge in [0.05, 0.1) is 0 Å². The second-order valence-corrected chi connectivity index (χ2v) is 6.71. The van der Waals surface area contributed by atoms with Crippen LogP contribution in [0.25, 0.3) is 0 Å². The molecule has 2 heteroatoms. The average molecular weight is 269 g/mol. The largest absolute Gasteiger partial charge is 0.362 e. The molecule has 0 saturated carbocycles.